The molecule has 0 saturated heterocycles. The molecule has 0 aliphatic heterocycles. The van der Waals surface area contributed by atoms with E-state index in [0.29, 0.717) is 18.5 Å². The van der Waals surface area contributed by atoms with Crippen LogP contribution in [-0.4, -0.2) is 34.0 Å². The van der Waals surface area contributed by atoms with E-state index in [-0.39, 0.29) is 24.4 Å². The fraction of sp³-hybridized carbons (Fsp3) is 0.348. The molecule has 1 unspecified atom stereocenters. The highest BCUT2D eigenvalue weighted by atomic mass is 16.2. The second kappa shape index (κ2) is 9.37. The van der Waals surface area contributed by atoms with Crippen LogP contribution in [0.15, 0.2) is 48.5 Å². The van der Waals surface area contributed by atoms with Crippen molar-refractivity contribution in [3.05, 3.63) is 65.5 Å². The van der Waals surface area contributed by atoms with Gasteiger partial charge in [-0.1, -0.05) is 37.3 Å². The lowest BCUT2D eigenvalue weighted by atomic mass is 10.1. The van der Waals surface area contributed by atoms with E-state index < -0.39 is 0 Å². The van der Waals surface area contributed by atoms with Gasteiger partial charge in [0.25, 0.3) is 5.91 Å². The van der Waals surface area contributed by atoms with E-state index >= 15 is 0 Å². The van der Waals surface area contributed by atoms with E-state index in [1.165, 1.54) is 0 Å². The molecule has 0 spiro atoms. The summed E-state index contributed by atoms with van der Waals surface area (Å²) in [4.78, 5) is 29.6. The number of nitrogens with zero attached hydrogens (tertiary/aromatic N) is 2. The molecule has 152 valence electrons. The Morgan fingerprint density at radius 3 is 2.59 bits per heavy atom. The minimum atomic E-state index is -0.0970. The third-order valence-electron chi connectivity index (χ3n) is 5.08. The lowest BCUT2D eigenvalue weighted by Gasteiger charge is -2.14. The van der Waals surface area contributed by atoms with Gasteiger partial charge in [-0.2, -0.15) is 0 Å². The first-order valence-electron chi connectivity index (χ1n) is 10.1. The SMILES string of the molecule is CCC(C)NC(=O)Cn1c(CCNC(=O)c2ccccc2C)nc2ccccc21. The predicted molar refractivity (Wildman–Crippen MR) is 115 cm³/mol. The zero-order chi connectivity index (χ0) is 20.8. The number of carbonyl (C=O) groups is 2. The van der Waals surface area contributed by atoms with Crippen molar-refractivity contribution in [2.24, 2.45) is 0 Å². The molecular weight excluding hydrogens is 364 g/mol. The maximum atomic E-state index is 12.5. The summed E-state index contributed by atoms with van der Waals surface area (Å²) < 4.78 is 1.94. The summed E-state index contributed by atoms with van der Waals surface area (Å²) >= 11 is 0. The largest absolute Gasteiger partial charge is 0.352 e. The van der Waals surface area contributed by atoms with Crippen molar-refractivity contribution in [2.45, 2.75) is 46.2 Å². The van der Waals surface area contributed by atoms with Crippen LogP contribution < -0.4 is 10.6 Å². The quantitative estimate of drug-likeness (QED) is 0.618. The Balaban J connectivity index is 1.72. The van der Waals surface area contributed by atoms with Crippen molar-refractivity contribution in [1.82, 2.24) is 20.2 Å². The van der Waals surface area contributed by atoms with Crippen LogP contribution in [0, 0.1) is 6.92 Å². The van der Waals surface area contributed by atoms with Crippen LogP contribution in [0.1, 0.15) is 42.0 Å². The smallest absolute Gasteiger partial charge is 0.251 e. The van der Waals surface area contributed by atoms with Gasteiger partial charge in [-0.25, -0.2) is 4.98 Å². The molecule has 1 aromatic heterocycles. The van der Waals surface area contributed by atoms with E-state index in [1.807, 2.05) is 73.9 Å². The highest BCUT2D eigenvalue weighted by Crippen LogP contribution is 2.16. The molecule has 2 aromatic carbocycles. The number of fused-ring (bicyclic) bond motifs is 1. The van der Waals surface area contributed by atoms with Crippen LogP contribution in [0.5, 0.6) is 0 Å². The summed E-state index contributed by atoms with van der Waals surface area (Å²) in [5.74, 6) is 0.656. The molecular formula is C23H28N4O2. The first-order valence-corrected chi connectivity index (χ1v) is 10.1. The first-order chi connectivity index (χ1) is 14.0. The maximum Gasteiger partial charge on any atom is 0.251 e. The van der Waals surface area contributed by atoms with Crippen LogP contribution in [0.2, 0.25) is 0 Å². The zero-order valence-corrected chi connectivity index (χ0v) is 17.2. The van der Waals surface area contributed by atoms with Gasteiger partial charge in [-0.3, -0.25) is 9.59 Å². The molecule has 1 heterocycles. The summed E-state index contributed by atoms with van der Waals surface area (Å²) in [6.07, 6.45) is 1.43. The number of benzene rings is 2. The summed E-state index contributed by atoms with van der Waals surface area (Å²) in [5, 5.41) is 5.97. The number of hydrogen-bond donors (Lipinski definition) is 2. The number of carbonyl (C=O) groups excluding carboxylic acids is 2. The Morgan fingerprint density at radius 2 is 1.83 bits per heavy atom. The van der Waals surface area contributed by atoms with Crippen LogP contribution in [0.25, 0.3) is 11.0 Å². The van der Waals surface area contributed by atoms with E-state index in [9.17, 15) is 9.59 Å². The second-order valence-electron chi connectivity index (χ2n) is 7.30. The lowest BCUT2D eigenvalue weighted by Crippen LogP contribution is -2.35. The molecule has 0 aliphatic carbocycles. The lowest BCUT2D eigenvalue weighted by molar-refractivity contribution is -0.122. The molecule has 29 heavy (non-hydrogen) atoms. The number of amides is 2. The summed E-state index contributed by atoms with van der Waals surface area (Å²) in [7, 11) is 0. The number of para-hydroxylation sites is 2. The van der Waals surface area contributed by atoms with Crippen LogP contribution in [-0.2, 0) is 17.8 Å². The van der Waals surface area contributed by atoms with Crippen molar-refractivity contribution in [3.63, 3.8) is 0 Å². The Labute approximate surface area is 171 Å². The molecule has 1 atom stereocenters. The fourth-order valence-corrected chi connectivity index (χ4v) is 3.27. The minimum absolute atomic E-state index is 0.0345. The molecule has 3 rings (SSSR count). The van der Waals surface area contributed by atoms with Crippen LogP contribution >= 0.6 is 0 Å². The van der Waals surface area contributed by atoms with Crippen molar-refractivity contribution in [1.29, 1.82) is 0 Å². The van der Waals surface area contributed by atoms with E-state index in [1.54, 1.807) is 0 Å². The highest BCUT2D eigenvalue weighted by Gasteiger charge is 2.15. The molecule has 3 aromatic rings. The maximum absolute atomic E-state index is 12.5. The molecule has 0 bridgehead atoms. The molecule has 6 heteroatoms. The average Bonchev–Trinajstić information content (AvgIpc) is 3.05. The molecule has 0 fully saturated rings. The van der Waals surface area contributed by atoms with Crippen LogP contribution in [0.4, 0.5) is 0 Å². The van der Waals surface area contributed by atoms with E-state index in [0.717, 1.165) is 28.8 Å². The van der Waals surface area contributed by atoms with E-state index in [2.05, 4.69) is 15.6 Å². The van der Waals surface area contributed by atoms with Gasteiger partial charge >= 0.3 is 0 Å². The number of rotatable bonds is 8. The topological polar surface area (TPSA) is 76.0 Å². The number of nitrogens with one attached hydrogen (secondary N) is 2. The molecule has 0 aliphatic rings. The van der Waals surface area contributed by atoms with Gasteiger partial charge in [-0.05, 0) is 44.0 Å². The molecule has 6 nitrogen and oxygen atoms in total. The van der Waals surface area contributed by atoms with Gasteiger partial charge in [0.2, 0.25) is 5.91 Å². The molecule has 2 N–H and O–H groups in total. The minimum Gasteiger partial charge on any atom is -0.352 e. The normalized spacial score (nSPS) is 12.0. The van der Waals surface area contributed by atoms with E-state index in [4.69, 9.17) is 0 Å². The molecule has 2 amide bonds. The van der Waals surface area contributed by atoms with Crippen molar-refractivity contribution >= 4 is 22.8 Å². The Hall–Kier alpha value is -3.15. The first kappa shape index (κ1) is 20.6. The zero-order valence-electron chi connectivity index (χ0n) is 17.2. The Kier molecular flexibility index (Phi) is 6.65. The Bertz CT molecular complexity index is 1010. The third kappa shape index (κ3) is 5.02. The predicted octanol–water partition coefficient (Wildman–Crippen LogP) is 3.23. The number of aromatic nitrogens is 2. The number of hydrogen-bond acceptors (Lipinski definition) is 3. The standard InChI is InChI=1S/C23H28N4O2/c1-4-17(3)25-22(28)15-27-20-12-8-7-11-19(20)26-21(27)13-14-24-23(29)18-10-6-5-9-16(18)2/h5-12,17H,4,13-15H2,1-3H3,(H,24,29)(H,25,28). The van der Waals surface area contributed by atoms with Crippen molar-refractivity contribution < 1.29 is 9.59 Å². The van der Waals surface area contributed by atoms with Gasteiger partial charge in [0, 0.05) is 24.6 Å². The van der Waals surface area contributed by atoms with Gasteiger partial charge < -0.3 is 15.2 Å². The third-order valence-corrected chi connectivity index (χ3v) is 5.08. The second-order valence-corrected chi connectivity index (χ2v) is 7.30. The molecule has 0 radical (unpaired) electrons. The monoisotopic (exact) mass is 392 g/mol. The van der Waals surface area contributed by atoms with Crippen molar-refractivity contribution in [3.8, 4) is 0 Å². The van der Waals surface area contributed by atoms with Crippen LogP contribution in [0.3, 0.4) is 0 Å². The summed E-state index contributed by atoms with van der Waals surface area (Å²) in [6.45, 7) is 6.62. The molecule has 0 saturated carbocycles. The average molecular weight is 393 g/mol. The van der Waals surface area contributed by atoms with Gasteiger partial charge in [0.05, 0.1) is 11.0 Å². The Morgan fingerprint density at radius 1 is 1.10 bits per heavy atom. The fourth-order valence-electron chi connectivity index (χ4n) is 3.27. The highest BCUT2D eigenvalue weighted by molar-refractivity contribution is 5.95. The summed E-state index contributed by atoms with van der Waals surface area (Å²) in [6, 6.07) is 15.4. The number of aryl methyl sites for hydroxylation is 1. The van der Waals surface area contributed by atoms with Gasteiger partial charge in [0.15, 0.2) is 0 Å². The summed E-state index contributed by atoms with van der Waals surface area (Å²) in [5.41, 5.74) is 3.39. The number of imidazole rings is 1. The van der Waals surface area contributed by atoms with Gasteiger partial charge in [-0.15, -0.1) is 0 Å². The van der Waals surface area contributed by atoms with Gasteiger partial charge in [0.1, 0.15) is 12.4 Å². The van der Waals surface area contributed by atoms with Crippen molar-refractivity contribution in [2.75, 3.05) is 6.54 Å².